The highest BCUT2D eigenvalue weighted by Gasteiger charge is 2.12. The number of thioether (sulfide) groups is 1. The molecule has 0 radical (unpaired) electrons. The first kappa shape index (κ1) is 15.9. The number of nitrogens with one attached hydrogen (secondary N) is 1. The molecule has 0 bridgehead atoms. The molecule has 0 aliphatic carbocycles. The van der Waals surface area contributed by atoms with Crippen LogP contribution >= 0.6 is 11.8 Å². The third-order valence-corrected chi connectivity index (χ3v) is 4.13. The lowest BCUT2D eigenvalue weighted by atomic mass is 10.1. The smallest absolute Gasteiger partial charge is 0.136 e. The Labute approximate surface area is 125 Å². The number of nitrogens with two attached hydrogens (primary N) is 1. The number of hydrogen-bond acceptors (Lipinski definition) is 3. The molecule has 0 saturated carbocycles. The van der Waals surface area contributed by atoms with Gasteiger partial charge in [0.2, 0.25) is 0 Å². The Bertz CT molecular complexity index is 587. The zero-order chi connectivity index (χ0) is 15.2. The molecule has 2 rings (SSSR count). The second-order valence-corrected chi connectivity index (χ2v) is 5.65. The quantitative estimate of drug-likeness (QED) is 0.488. The fourth-order valence-corrected chi connectivity index (χ4v) is 2.91. The van der Waals surface area contributed by atoms with E-state index in [2.05, 4.69) is 5.43 Å². The number of halogens is 3. The molecule has 1 atom stereocenters. The van der Waals surface area contributed by atoms with Gasteiger partial charge in [-0.25, -0.2) is 13.2 Å². The summed E-state index contributed by atoms with van der Waals surface area (Å²) in [6.45, 7) is 0. The van der Waals surface area contributed by atoms with Crippen molar-refractivity contribution in [2.75, 3.05) is 5.75 Å². The molecule has 0 amide bonds. The van der Waals surface area contributed by atoms with Crippen LogP contribution in [-0.2, 0) is 6.42 Å². The van der Waals surface area contributed by atoms with Gasteiger partial charge < -0.3 is 0 Å². The highest BCUT2D eigenvalue weighted by atomic mass is 32.2. The summed E-state index contributed by atoms with van der Waals surface area (Å²) in [4.78, 5) is 0.517. The molecule has 0 spiro atoms. The summed E-state index contributed by atoms with van der Waals surface area (Å²) in [6.07, 6.45) is 0.354. The molecule has 112 valence electrons. The summed E-state index contributed by atoms with van der Waals surface area (Å²) in [6, 6.07) is 9.55. The first-order valence-electron chi connectivity index (χ1n) is 6.37. The second-order valence-electron chi connectivity index (χ2n) is 4.59. The SMILES string of the molecule is NNC(CSc1ccccc1F)Cc1cc(F)cc(F)c1. The summed E-state index contributed by atoms with van der Waals surface area (Å²) in [7, 11) is 0. The molecule has 0 heterocycles. The lowest BCUT2D eigenvalue weighted by Crippen LogP contribution is -2.38. The van der Waals surface area contributed by atoms with Gasteiger partial charge >= 0.3 is 0 Å². The first-order valence-corrected chi connectivity index (χ1v) is 7.35. The van der Waals surface area contributed by atoms with Crippen molar-refractivity contribution in [2.24, 2.45) is 5.84 Å². The summed E-state index contributed by atoms with van der Waals surface area (Å²) in [5.74, 6) is 4.39. The van der Waals surface area contributed by atoms with Gasteiger partial charge in [0.1, 0.15) is 17.5 Å². The number of hydrogen-bond donors (Lipinski definition) is 2. The van der Waals surface area contributed by atoms with E-state index in [1.165, 1.54) is 30.0 Å². The van der Waals surface area contributed by atoms with Crippen molar-refractivity contribution >= 4 is 11.8 Å². The molecule has 21 heavy (non-hydrogen) atoms. The maximum absolute atomic E-state index is 13.5. The van der Waals surface area contributed by atoms with Crippen LogP contribution < -0.4 is 11.3 Å². The minimum atomic E-state index is -0.623. The Morgan fingerprint density at radius 3 is 2.33 bits per heavy atom. The van der Waals surface area contributed by atoms with Crippen LogP contribution in [0.5, 0.6) is 0 Å². The molecule has 2 nitrogen and oxygen atoms in total. The number of benzene rings is 2. The van der Waals surface area contributed by atoms with Gasteiger partial charge in [-0.2, -0.15) is 0 Å². The van der Waals surface area contributed by atoms with Crippen LogP contribution in [0.1, 0.15) is 5.56 Å². The van der Waals surface area contributed by atoms with Gasteiger partial charge in [-0.05, 0) is 36.2 Å². The van der Waals surface area contributed by atoms with E-state index in [0.717, 1.165) is 6.07 Å². The van der Waals surface area contributed by atoms with Gasteiger partial charge in [0.15, 0.2) is 0 Å². The van der Waals surface area contributed by atoms with Crippen molar-refractivity contribution in [3.05, 3.63) is 65.5 Å². The zero-order valence-corrected chi connectivity index (χ0v) is 12.0. The van der Waals surface area contributed by atoms with Crippen molar-refractivity contribution in [2.45, 2.75) is 17.4 Å². The molecule has 0 aromatic heterocycles. The van der Waals surface area contributed by atoms with E-state index in [1.54, 1.807) is 18.2 Å². The summed E-state index contributed by atoms with van der Waals surface area (Å²) < 4.78 is 39.8. The molecule has 0 fully saturated rings. The summed E-state index contributed by atoms with van der Waals surface area (Å²) >= 11 is 1.30. The minimum absolute atomic E-state index is 0.226. The van der Waals surface area contributed by atoms with Gasteiger partial charge in [-0.1, -0.05) is 12.1 Å². The van der Waals surface area contributed by atoms with Crippen LogP contribution in [0.4, 0.5) is 13.2 Å². The van der Waals surface area contributed by atoms with Crippen molar-refractivity contribution in [1.82, 2.24) is 5.43 Å². The van der Waals surface area contributed by atoms with Gasteiger partial charge in [0.25, 0.3) is 0 Å². The topological polar surface area (TPSA) is 38.0 Å². The van der Waals surface area contributed by atoms with Crippen molar-refractivity contribution in [3.63, 3.8) is 0 Å². The lowest BCUT2D eigenvalue weighted by molar-refractivity contribution is 0.555. The Hall–Kier alpha value is -1.50. The Kier molecular flexibility index (Phi) is 5.67. The van der Waals surface area contributed by atoms with E-state index >= 15 is 0 Å². The molecular formula is C15H15F3N2S. The average molecular weight is 312 g/mol. The molecule has 1 unspecified atom stereocenters. The molecular weight excluding hydrogens is 297 g/mol. The third-order valence-electron chi connectivity index (χ3n) is 2.92. The molecule has 3 N–H and O–H groups in total. The predicted molar refractivity (Wildman–Crippen MR) is 78.3 cm³/mol. The highest BCUT2D eigenvalue weighted by Crippen LogP contribution is 2.22. The van der Waals surface area contributed by atoms with E-state index in [4.69, 9.17) is 5.84 Å². The maximum atomic E-state index is 13.5. The Morgan fingerprint density at radius 2 is 1.71 bits per heavy atom. The van der Waals surface area contributed by atoms with Crippen molar-refractivity contribution < 1.29 is 13.2 Å². The molecule has 0 aliphatic heterocycles. The van der Waals surface area contributed by atoms with Crippen LogP contribution in [0.15, 0.2) is 47.4 Å². The number of rotatable bonds is 6. The number of hydrazine groups is 1. The third kappa shape index (κ3) is 4.77. The molecule has 0 aliphatic rings. The monoisotopic (exact) mass is 312 g/mol. The standard InChI is InChI=1S/C15H15F3N2S/c16-11-5-10(6-12(17)8-11)7-13(20-19)9-21-15-4-2-1-3-14(15)18/h1-6,8,13,20H,7,9,19H2. The largest absolute Gasteiger partial charge is 0.271 e. The molecule has 6 heteroatoms. The summed E-state index contributed by atoms with van der Waals surface area (Å²) in [5, 5.41) is 0. The van der Waals surface area contributed by atoms with Crippen LogP contribution in [0.3, 0.4) is 0 Å². The molecule has 2 aromatic carbocycles. The fourth-order valence-electron chi connectivity index (χ4n) is 1.93. The van der Waals surface area contributed by atoms with Crippen LogP contribution in [-0.4, -0.2) is 11.8 Å². The zero-order valence-electron chi connectivity index (χ0n) is 11.2. The van der Waals surface area contributed by atoms with E-state index in [9.17, 15) is 13.2 Å². The maximum Gasteiger partial charge on any atom is 0.136 e. The van der Waals surface area contributed by atoms with Gasteiger partial charge in [-0.15, -0.1) is 11.8 Å². The van der Waals surface area contributed by atoms with E-state index < -0.39 is 11.6 Å². The highest BCUT2D eigenvalue weighted by molar-refractivity contribution is 7.99. The van der Waals surface area contributed by atoms with Crippen LogP contribution in [0.2, 0.25) is 0 Å². The molecule has 2 aromatic rings. The summed E-state index contributed by atoms with van der Waals surface area (Å²) in [5.41, 5.74) is 3.10. The van der Waals surface area contributed by atoms with E-state index in [1.807, 2.05) is 0 Å². The van der Waals surface area contributed by atoms with Gasteiger partial charge in [0, 0.05) is 22.8 Å². The molecule has 0 saturated heterocycles. The predicted octanol–water partition coefficient (Wildman–Crippen LogP) is 3.27. The normalized spacial score (nSPS) is 12.4. The average Bonchev–Trinajstić information content (AvgIpc) is 2.44. The first-order chi connectivity index (χ1) is 10.1. The van der Waals surface area contributed by atoms with E-state index in [-0.39, 0.29) is 11.9 Å². The second kappa shape index (κ2) is 7.49. The lowest BCUT2D eigenvalue weighted by Gasteiger charge is -2.16. The Balaban J connectivity index is 1.98. The van der Waals surface area contributed by atoms with Gasteiger partial charge in [0.05, 0.1) is 0 Å². The fraction of sp³-hybridized carbons (Fsp3) is 0.200. The Morgan fingerprint density at radius 1 is 1.05 bits per heavy atom. The van der Waals surface area contributed by atoms with E-state index in [0.29, 0.717) is 22.6 Å². The van der Waals surface area contributed by atoms with Crippen LogP contribution in [0, 0.1) is 17.5 Å². The minimum Gasteiger partial charge on any atom is -0.271 e. The van der Waals surface area contributed by atoms with Crippen LogP contribution in [0.25, 0.3) is 0 Å². The van der Waals surface area contributed by atoms with Crippen molar-refractivity contribution in [1.29, 1.82) is 0 Å². The van der Waals surface area contributed by atoms with Gasteiger partial charge in [-0.3, -0.25) is 11.3 Å². The van der Waals surface area contributed by atoms with Crippen molar-refractivity contribution in [3.8, 4) is 0 Å².